The molecule has 0 heterocycles. The van der Waals surface area contributed by atoms with E-state index in [9.17, 15) is 0 Å². The van der Waals surface area contributed by atoms with Crippen LogP contribution >= 0.6 is 0 Å². The van der Waals surface area contributed by atoms with Gasteiger partial charge < -0.3 is 5.73 Å². The van der Waals surface area contributed by atoms with Crippen LogP contribution in [0.1, 0.15) is 36.1 Å². The number of nitrogens with two attached hydrogens (primary N) is 1. The molecule has 0 aromatic heterocycles. The molecule has 2 N–H and O–H groups in total. The molecular weight excluding hydrogens is 172 g/mol. The Hall–Kier alpha value is -1.33. The maximum atomic E-state index is 8.60. The summed E-state index contributed by atoms with van der Waals surface area (Å²) in [6.45, 7) is 4.20. The molecule has 0 aliphatic rings. The lowest BCUT2D eigenvalue weighted by Gasteiger charge is -2.15. The number of nitriles is 1. The third-order valence-electron chi connectivity index (χ3n) is 2.51. The first-order chi connectivity index (χ1) is 6.70. The lowest BCUT2D eigenvalue weighted by atomic mass is 9.94. The third-order valence-corrected chi connectivity index (χ3v) is 2.51. The molecule has 0 spiro atoms. The van der Waals surface area contributed by atoms with Crippen molar-refractivity contribution in [1.29, 1.82) is 5.26 Å². The van der Waals surface area contributed by atoms with Crippen molar-refractivity contribution in [3.63, 3.8) is 0 Å². The summed E-state index contributed by atoms with van der Waals surface area (Å²) in [6.07, 6.45) is 1.36. The quantitative estimate of drug-likeness (QED) is 0.792. The molecule has 1 atom stereocenters. The number of aryl methyl sites for hydroxylation is 1. The van der Waals surface area contributed by atoms with E-state index in [1.807, 2.05) is 12.1 Å². The zero-order valence-corrected chi connectivity index (χ0v) is 8.75. The van der Waals surface area contributed by atoms with Gasteiger partial charge in [-0.2, -0.15) is 5.26 Å². The number of nitrogens with zero attached hydrogens (tertiary/aromatic N) is 1. The number of hydrogen-bond acceptors (Lipinski definition) is 2. The van der Waals surface area contributed by atoms with Crippen LogP contribution in [0.15, 0.2) is 18.2 Å². The molecule has 1 aromatic carbocycles. The Labute approximate surface area is 85.4 Å². The first-order valence-electron chi connectivity index (χ1n) is 4.91. The fourth-order valence-corrected chi connectivity index (χ4v) is 1.76. The molecule has 74 valence electrons. The molecule has 14 heavy (non-hydrogen) atoms. The van der Waals surface area contributed by atoms with Gasteiger partial charge in [0, 0.05) is 6.04 Å². The first-order valence-corrected chi connectivity index (χ1v) is 4.91. The summed E-state index contributed by atoms with van der Waals surface area (Å²) in [5.74, 6) is 0. The highest BCUT2D eigenvalue weighted by Gasteiger charge is 2.10. The highest BCUT2D eigenvalue weighted by molar-refractivity contribution is 5.36. The number of benzene rings is 1. The van der Waals surface area contributed by atoms with Crippen LogP contribution < -0.4 is 5.73 Å². The summed E-state index contributed by atoms with van der Waals surface area (Å²) in [5.41, 5.74) is 9.60. The van der Waals surface area contributed by atoms with E-state index in [0.29, 0.717) is 6.42 Å². The van der Waals surface area contributed by atoms with Gasteiger partial charge in [0.25, 0.3) is 0 Å². The van der Waals surface area contributed by atoms with Crippen molar-refractivity contribution in [2.75, 3.05) is 0 Å². The lowest BCUT2D eigenvalue weighted by Crippen LogP contribution is -2.12. The van der Waals surface area contributed by atoms with Crippen LogP contribution in [0.25, 0.3) is 0 Å². The lowest BCUT2D eigenvalue weighted by molar-refractivity contribution is 0.735. The van der Waals surface area contributed by atoms with E-state index in [1.54, 1.807) is 0 Å². The zero-order chi connectivity index (χ0) is 10.6. The number of rotatable bonds is 3. The van der Waals surface area contributed by atoms with E-state index in [2.05, 4.69) is 26.0 Å². The molecular formula is C12H16N2. The summed E-state index contributed by atoms with van der Waals surface area (Å²) in [4.78, 5) is 0. The van der Waals surface area contributed by atoms with Gasteiger partial charge >= 0.3 is 0 Å². The van der Waals surface area contributed by atoms with E-state index in [4.69, 9.17) is 11.0 Å². The highest BCUT2D eigenvalue weighted by atomic mass is 14.6. The molecule has 2 nitrogen and oxygen atoms in total. The molecule has 0 saturated heterocycles. The predicted molar refractivity (Wildman–Crippen MR) is 57.7 cm³/mol. The van der Waals surface area contributed by atoms with Crippen LogP contribution in [0.3, 0.4) is 0 Å². The Morgan fingerprint density at radius 2 is 2.21 bits per heavy atom. The van der Waals surface area contributed by atoms with Crippen LogP contribution in [0.2, 0.25) is 0 Å². The van der Waals surface area contributed by atoms with Crippen molar-refractivity contribution in [2.45, 2.75) is 32.7 Å². The van der Waals surface area contributed by atoms with E-state index >= 15 is 0 Å². The maximum Gasteiger partial charge on any atom is 0.0641 e. The van der Waals surface area contributed by atoms with Gasteiger partial charge in [0.15, 0.2) is 0 Å². The Kier molecular flexibility index (Phi) is 3.67. The Bertz CT molecular complexity index is 350. The maximum absolute atomic E-state index is 8.60. The Morgan fingerprint density at radius 3 is 2.79 bits per heavy atom. The first kappa shape index (κ1) is 10.7. The largest absolute Gasteiger partial charge is 0.323 e. The molecule has 0 fully saturated rings. The third kappa shape index (κ3) is 2.12. The second-order valence-corrected chi connectivity index (χ2v) is 3.46. The predicted octanol–water partition coefficient (Wildman–Crippen LogP) is 2.47. The minimum Gasteiger partial charge on any atom is -0.323 e. The van der Waals surface area contributed by atoms with E-state index < -0.39 is 0 Å². The Morgan fingerprint density at radius 1 is 1.50 bits per heavy atom. The SMILES string of the molecule is CCc1c(C)cccc1C(N)CC#N. The average molecular weight is 188 g/mol. The van der Waals surface area contributed by atoms with E-state index in [1.165, 1.54) is 11.1 Å². The molecule has 1 aromatic rings. The molecule has 0 amide bonds. The second-order valence-electron chi connectivity index (χ2n) is 3.46. The molecule has 0 aliphatic carbocycles. The normalized spacial score (nSPS) is 12.1. The van der Waals surface area contributed by atoms with E-state index in [-0.39, 0.29) is 6.04 Å². The zero-order valence-electron chi connectivity index (χ0n) is 8.75. The molecule has 0 aliphatic heterocycles. The molecule has 1 unspecified atom stereocenters. The molecule has 0 saturated carbocycles. The van der Waals surface area contributed by atoms with Crippen molar-refractivity contribution >= 4 is 0 Å². The van der Waals surface area contributed by atoms with Crippen molar-refractivity contribution in [3.8, 4) is 6.07 Å². The molecule has 0 bridgehead atoms. The van der Waals surface area contributed by atoms with Crippen LogP contribution in [-0.4, -0.2) is 0 Å². The highest BCUT2D eigenvalue weighted by Crippen LogP contribution is 2.22. The van der Waals surface area contributed by atoms with Crippen molar-refractivity contribution < 1.29 is 0 Å². The van der Waals surface area contributed by atoms with Gasteiger partial charge in [0.05, 0.1) is 12.5 Å². The molecule has 0 radical (unpaired) electrons. The standard InChI is InChI=1S/C12H16N2/c1-3-10-9(2)5-4-6-11(10)12(14)7-8-13/h4-6,12H,3,7,14H2,1-2H3. The summed E-state index contributed by atoms with van der Waals surface area (Å²) < 4.78 is 0. The fraction of sp³-hybridized carbons (Fsp3) is 0.417. The average Bonchev–Trinajstić information content (AvgIpc) is 2.17. The van der Waals surface area contributed by atoms with Crippen LogP contribution in [0.4, 0.5) is 0 Å². The van der Waals surface area contributed by atoms with E-state index in [0.717, 1.165) is 12.0 Å². The van der Waals surface area contributed by atoms with Gasteiger partial charge in [-0.15, -0.1) is 0 Å². The summed E-state index contributed by atoms with van der Waals surface area (Å²) in [5, 5.41) is 8.60. The van der Waals surface area contributed by atoms with Crippen molar-refractivity contribution in [2.24, 2.45) is 5.73 Å². The van der Waals surface area contributed by atoms with Gasteiger partial charge in [0.2, 0.25) is 0 Å². The molecule has 1 rings (SSSR count). The van der Waals surface area contributed by atoms with Crippen molar-refractivity contribution in [3.05, 3.63) is 34.9 Å². The fourth-order valence-electron chi connectivity index (χ4n) is 1.76. The van der Waals surface area contributed by atoms with Gasteiger partial charge in [-0.1, -0.05) is 25.1 Å². The van der Waals surface area contributed by atoms with Crippen molar-refractivity contribution in [1.82, 2.24) is 0 Å². The Balaban J connectivity index is 3.08. The van der Waals surface area contributed by atoms with Crippen LogP contribution in [-0.2, 0) is 6.42 Å². The van der Waals surface area contributed by atoms with Gasteiger partial charge in [-0.25, -0.2) is 0 Å². The van der Waals surface area contributed by atoms with Gasteiger partial charge in [-0.3, -0.25) is 0 Å². The minimum absolute atomic E-state index is 0.144. The van der Waals surface area contributed by atoms with Crippen LogP contribution in [0.5, 0.6) is 0 Å². The second kappa shape index (κ2) is 4.78. The monoisotopic (exact) mass is 188 g/mol. The van der Waals surface area contributed by atoms with Gasteiger partial charge in [0.1, 0.15) is 0 Å². The van der Waals surface area contributed by atoms with Gasteiger partial charge in [-0.05, 0) is 30.0 Å². The van der Waals surface area contributed by atoms with Crippen LogP contribution in [0, 0.1) is 18.3 Å². The topological polar surface area (TPSA) is 49.8 Å². The summed E-state index contributed by atoms with van der Waals surface area (Å²) >= 11 is 0. The smallest absolute Gasteiger partial charge is 0.0641 e. The summed E-state index contributed by atoms with van der Waals surface area (Å²) in [6, 6.07) is 8.08. The summed E-state index contributed by atoms with van der Waals surface area (Å²) in [7, 11) is 0. The number of hydrogen-bond donors (Lipinski definition) is 1. The minimum atomic E-state index is -0.144. The molecule has 2 heteroatoms.